The van der Waals surface area contributed by atoms with Crippen molar-refractivity contribution in [2.24, 2.45) is 0 Å². The highest BCUT2D eigenvalue weighted by atomic mass is 127. The number of amides is 2. The Hall–Kier alpha value is -2.59. The third kappa shape index (κ3) is 5.50. The maximum atomic E-state index is 14.6. The average Bonchev–Trinajstić information content (AvgIpc) is 2.79. The van der Waals surface area contributed by atoms with Gasteiger partial charge in [-0.15, -0.1) is 0 Å². The van der Waals surface area contributed by atoms with Crippen molar-refractivity contribution in [3.8, 4) is 0 Å². The molecule has 0 bridgehead atoms. The molecule has 3 rings (SSSR count). The van der Waals surface area contributed by atoms with Gasteiger partial charge in [-0.05, 0) is 66.8 Å². The fraction of sp³-hybridized carbons (Fsp3) is 0.391. The smallest absolute Gasteiger partial charge is 0.384 e. The third-order valence-electron chi connectivity index (χ3n) is 6.27. The van der Waals surface area contributed by atoms with Crippen molar-refractivity contribution < 1.29 is 45.8 Å². The summed E-state index contributed by atoms with van der Waals surface area (Å²) >= 11 is 1.85. The lowest BCUT2D eigenvalue weighted by Crippen LogP contribution is -2.72. The van der Waals surface area contributed by atoms with Crippen LogP contribution >= 0.6 is 22.6 Å². The highest BCUT2D eigenvalue weighted by molar-refractivity contribution is 14.1. The molecule has 14 heteroatoms. The van der Waals surface area contributed by atoms with E-state index >= 15 is 0 Å². The summed E-state index contributed by atoms with van der Waals surface area (Å²) in [5.41, 5.74) is -6.22. The van der Waals surface area contributed by atoms with E-state index in [1.165, 1.54) is 19.1 Å². The minimum atomic E-state index is -5.04. The third-order valence-corrected chi connectivity index (χ3v) is 6.94. The molecule has 1 saturated heterocycles. The van der Waals surface area contributed by atoms with E-state index in [0.717, 1.165) is 17.0 Å². The van der Waals surface area contributed by atoms with Crippen molar-refractivity contribution in [1.29, 1.82) is 0 Å². The van der Waals surface area contributed by atoms with Gasteiger partial charge in [0.05, 0.1) is 36.1 Å². The molecule has 0 spiro atoms. The van der Waals surface area contributed by atoms with Gasteiger partial charge in [0, 0.05) is 10.7 Å². The van der Waals surface area contributed by atoms with E-state index in [9.17, 15) is 41.0 Å². The van der Waals surface area contributed by atoms with Crippen LogP contribution in [-0.2, 0) is 9.53 Å². The summed E-state index contributed by atoms with van der Waals surface area (Å²) in [6.45, 7) is 0.888. The van der Waals surface area contributed by atoms with E-state index in [4.69, 9.17) is 0 Å². The second-order valence-electron chi connectivity index (χ2n) is 8.73. The Labute approximate surface area is 221 Å². The van der Waals surface area contributed by atoms with Gasteiger partial charge in [-0.25, -0.2) is 13.2 Å². The first-order valence-corrected chi connectivity index (χ1v) is 11.8. The molecule has 3 N–H and O–H groups in total. The number of hydrogen-bond acceptors (Lipinski definition) is 5. The number of carbonyl (C=O) groups is 2. The van der Waals surface area contributed by atoms with Gasteiger partial charge in [0.2, 0.25) is 5.60 Å². The highest BCUT2D eigenvalue weighted by Crippen LogP contribution is 2.35. The fourth-order valence-electron chi connectivity index (χ4n) is 3.58. The van der Waals surface area contributed by atoms with Crippen LogP contribution in [-0.4, -0.2) is 65.4 Å². The summed E-state index contributed by atoms with van der Waals surface area (Å²) < 4.78 is 87.6. The molecule has 0 aromatic heterocycles. The summed E-state index contributed by atoms with van der Waals surface area (Å²) in [5.74, 6) is -5.93. The number of anilines is 2. The van der Waals surface area contributed by atoms with Crippen LogP contribution in [0.5, 0.6) is 0 Å². The molecule has 7 nitrogen and oxygen atoms in total. The molecule has 1 aliphatic rings. The summed E-state index contributed by atoms with van der Waals surface area (Å²) in [7, 11) is 0.714. The van der Waals surface area contributed by atoms with Crippen LogP contribution in [0.2, 0.25) is 0 Å². The predicted octanol–water partition coefficient (Wildman–Crippen LogP) is 4.11. The van der Waals surface area contributed by atoms with E-state index in [2.05, 4.69) is 15.4 Å². The maximum absolute atomic E-state index is 14.6. The van der Waals surface area contributed by atoms with Crippen LogP contribution in [0, 0.1) is 21.0 Å². The summed E-state index contributed by atoms with van der Waals surface area (Å²) in [6, 6.07) is 4.35. The van der Waals surface area contributed by atoms with Gasteiger partial charge in [-0.1, -0.05) is 0 Å². The van der Waals surface area contributed by atoms with Crippen LogP contribution < -0.4 is 10.6 Å². The van der Waals surface area contributed by atoms with E-state index < -0.39 is 71.5 Å². The largest absolute Gasteiger partial charge is 0.426 e. The van der Waals surface area contributed by atoms with Crippen LogP contribution in [0.25, 0.3) is 0 Å². The molecule has 37 heavy (non-hydrogen) atoms. The molecule has 0 radical (unpaired) electrons. The molecule has 0 aliphatic carbocycles. The number of nitrogens with zero attached hydrogens (tertiary/aromatic N) is 1. The first-order valence-electron chi connectivity index (χ1n) is 10.7. The molecule has 1 aliphatic heterocycles. The van der Waals surface area contributed by atoms with Gasteiger partial charge >= 0.3 is 6.18 Å². The number of benzene rings is 2. The molecule has 1 fully saturated rings. The normalized spacial score (nSPS) is 17.4. The Morgan fingerprint density at radius 2 is 1.76 bits per heavy atom. The number of β-amino-alcohol motifs (C(OH)–C–C–N with tert-alkyl or cyclic N) is 1. The van der Waals surface area contributed by atoms with E-state index in [-0.39, 0.29) is 11.3 Å². The summed E-state index contributed by atoms with van der Waals surface area (Å²) in [4.78, 5) is 26.3. The number of alkyl halides is 3. The van der Waals surface area contributed by atoms with Gasteiger partial charge in [0.15, 0.2) is 11.6 Å². The summed E-state index contributed by atoms with van der Waals surface area (Å²) in [5, 5.41) is 15.2. The lowest BCUT2D eigenvalue weighted by Gasteiger charge is -2.50. The molecule has 0 saturated carbocycles. The zero-order chi connectivity index (χ0) is 27.9. The maximum Gasteiger partial charge on any atom is 0.426 e. The molecule has 1 unspecified atom stereocenters. The number of nitrogens with one attached hydrogen (secondary N) is 2. The number of aliphatic hydroxyl groups is 1. The van der Waals surface area contributed by atoms with E-state index in [0.29, 0.717) is 23.7 Å². The van der Waals surface area contributed by atoms with Crippen molar-refractivity contribution in [1.82, 2.24) is 10.2 Å². The number of carbonyl (C=O) groups excluding carboxylic acids is 2. The second kappa shape index (κ2) is 10.3. The number of ether oxygens (including phenoxy) is 1. The SMILES string of the molecule is CO[C@](C)(C(=O)NC(C)C1(O)CN(C(=O)c2ccc(F)c(F)c2Nc2ccc(I)cc2F)C1)C(F)(F)F. The molecular formula is C23H22F6IN3O4. The van der Waals surface area contributed by atoms with E-state index in [1.54, 1.807) is 0 Å². The topological polar surface area (TPSA) is 90.9 Å². The summed E-state index contributed by atoms with van der Waals surface area (Å²) in [6.07, 6.45) is -5.04. The highest BCUT2D eigenvalue weighted by Gasteiger charge is 2.59. The minimum absolute atomic E-state index is 0.221. The second-order valence-corrected chi connectivity index (χ2v) is 9.97. The van der Waals surface area contributed by atoms with Crippen LogP contribution in [0.3, 0.4) is 0 Å². The minimum Gasteiger partial charge on any atom is -0.384 e. The molecule has 1 heterocycles. The van der Waals surface area contributed by atoms with Gasteiger partial charge in [-0.3, -0.25) is 9.59 Å². The fourth-order valence-corrected chi connectivity index (χ4v) is 4.04. The van der Waals surface area contributed by atoms with Crippen molar-refractivity contribution in [3.63, 3.8) is 0 Å². The number of halogens is 7. The van der Waals surface area contributed by atoms with Crippen LogP contribution in [0.4, 0.5) is 37.7 Å². The van der Waals surface area contributed by atoms with Crippen LogP contribution in [0.15, 0.2) is 30.3 Å². The average molecular weight is 645 g/mol. The Morgan fingerprint density at radius 3 is 2.30 bits per heavy atom. The van der Waals surface area contributed by atoms with Crippen molar-refractivity contribution in [2.75, 3.05) is 25.5 Å². The van der Waals surface area contributed by atoms with Gasteiger partial charge in [0.25, 0.3) is 11.8 Å². The zero-order valence-corrected chi connectivity index (χ0v) is 21.8. The van der Waals surface area contributed by atoms with E-state index in [1.807, 2.05) is 22.6 Å². The number of methoxy groups -OCH3 is 1. The molecule has 2 atom stereocenters. The monoisotopic (exact) mass is 645 g/mol. The lowest BCUT2D eigenvalue weighted by molar-refractivity contribution is -0.254. The molecule has 2 amide bonds. The first kappa shape index (κ1) is 29.0. The van der Waals surface area contributed by atoms with Crippen molar-refractivity contribution in [2.45, 2.75) is 37.3 Å². The quantitative estimate of drug-likeness (QED) is 0.312. The number of hydrogen-bond donors (Lipinski definition) is 3. The standard InChI is InChI=1S/C23H22F6IN3O4/c1-11(31-20(35)21(2,37-3)23(27,28)29)22(36)9-33(10-22)19(34)13-5-6-14(24)17(26)18(13)32-16-7-4-12(30)8-15(16)25/h4-8,11,32,36H,9-10H2,1-3H3,(H,31,35)/t11?,21-/m1/s1. The zero-order valence-electron chi connectivity index (χ0n) is 19.6. The molecular weight excluding hydrogens is 623 g/mol. The van der Waals surface area contributed by atoms with Crippen LogP contribution in [0.1, 0.15) is 24.2 Å². The van der Waals surface area contributed by atoms with Crippen molar-refractivity contribution >= 4 is 45.8 Å². The Balaban J connectivity index is 1.78. The Morgan fingerprint density at radius 1 is 1.14 bits per heavy atom. The van der Waals surface area contributed by atoms with Gasteiger partial charge in [0.1, 0.15) is 11.4 Å². The number of likely N-dealkylation sites (tertiary alicyclic amines) is 1. The Bertz CT molecular complexity index is 1220. The molecule has 2 aromatic carbocycles. The lowest BCUT2D eigenvalue weighted by atomic mass is 9.85. The Kier molecular flexibility index (Phi) is 8.05. The first-order chi connectivity index (χ1) is 17.0. The van der Waals surface area contributed by atoms with Gasteiger partial charge < -0.3 is 25.4 Å². The van der Waals surface area contributed by atoms with Crippen molar-refractivity contribution in [3.05, 3.63) is 56.9 Å². The molecule has 202 valence electrons. The van der Waals surface area contributed by atoms with Gasteiger partial charge in [-0.2, -0.15) is 13.2 Å². The molecule has 2 aromatic rings. The predicted molar refractivity (Wildman–Crippen MR) is 129 cm³/mol. The number of rotatable bonds is 7.